The second-order valence-corrected chi connectivity index (χ2v) is 19.9. The van der Waals surface area contributed by atoms with Crippen LogP contribution in [-0.4, -0.2) is 37.2 Å². The van der Waals surface area contributed by atoms with E-state index in [9.17, 15) is 14.4 Å². The topological polar surface area (TPSA) is 78.9 Å². The smallest absolute Gasteiger partial charge is 0.306 e. The predicted molar refractivity (Wildman–Crippen MR) is 266 cm³/mol. The van der Waals surface area contributed by atoms with Crippen LogP contribution in [0.4, 0.5) is 0 Å². The van der Waals surface area contributed by atoms with Gasteiger partial charge in [0.05, 0.1) is 0 Å². The van der Waals surface area contributed by atoms with Gasteiger partial charge in [-0.15, -0.1) is 0 Å². The van der Waals surface area contributed by atoms with Crippen molar-refractivity contribution in [3.8, 4) is 0 Å². The van der Waals surface area contributed by atoms with Crippen LogP contribution in [0, 0.1) is 11.8 Å². The molecule has 368 valence electrons. The molecule has 0 saturated carbocycles. The first-order chi connectivity index (χ1) is 30.3. The summed E-state index contributed by atoms with van der Waals surface area (Å²) in [6, 6.07) is 0. The molecule has 0 aromatic carbocycles. The van der Waals surface area contributed by atoms with Gasteiger partial charge in [-0.25, -0.2) is 0 Å². The van der Waals surface area contributed by atoms with E-state index in [1.54, 1.807) is 0 Å². The van der Waals surface area contributed by atoms with Gasteiger partial charge in [-0.1, -0.05) is 272 Å². The molecule has 0 fully saturated rings. The van der Waals surface area contributed by atoms with Crippen molar-refractivity contribution in [3.63, 3.8) is 0 Å². The van der Waals surface area contributed by atoms with Crippen molar-refractivity contribution in [2.24, 2.45) is 11.8 Å². The van der Waals surface area contributed by atoms with Crippen molar-refractivity contribution >= 4 is 17.9 Å². The second kappa shape index (κ2) is 48.9. The normalized spacial score (nSPS) is 12.5. The highest BCUT2D eigenvalue weighted by molar-refractivity contribution is 5.71. The van der Waals surface area contributed by atoms with Crippen LogP contribution in [-0.2, 0) is 28.6 Å². The van der Waals surface area contributed by atoms with E-state index in [4.69, 9.17) is 14.2 Å². The standard InChI is InChI=1S/C56H108O6/c1-6-8-9-10-11-12-13-14-18-21-26-31-36-41-46-54(57)60-49-53(62-56(59)48-43-38-33-28-23-24-29-34-39-44-51(3)4)50-61-55(58)47-42-37-32-27-22-19-16-15-17-20-25-30-35-40-45-52(5)7-2/h51-53H,6-50H2,1-5H3/t52?,53-/m0/s1. The van der Waals surface area contributed by atoms with Crippen LogP contribution >= 0.6 is 0 Å². The molecule has 1 unspecified atom stereocenters. The van der Waals surface area contributed by atoms with Crippen LogP contribution in [0.15, 0.2) is 0 Å². The Labute approximate surface area is 387 Å². The lowest BCUT2D eigenvalue weighted by atomic mass is 9.99. The van der Waals surface area contributed by atoms with Gasteiger partial charge in [0.25, 0.3) is 0 Å². The summed E-state index contributed by atoms with van der Waals surface area (Å²) in [5, 5.41) is 0. The van der Waals surface area contributed by atoms with E-state index in [-0.39, 0.29) is 31.1 Å². The van der Waals surface area contributed by atoms with Gasteiger partial charge in [-0.2, -0.15) is 0 Å². The van der Waals surface area contributed by atoms with Crippen LogP contribution in [0.2, 0.25) is 0 Å². The number of unbranched alkanes of at least 4 members (excludes halogenated alkanes) is 34. The number of ether oxygens (including phenoxy) is 3. The molecule has 0 aliphatic rings. The summed E-state index contributed by atoms with van der Waals surface area (Å²) < 4.78 is 16.9. The lowest BCUT2D eigenvalue weighted by Crippen LogP contribution is -2.30. The fourth-order valence-corrected chi connectivity index (χ4v) is 8.49. The summed E-state index contributed by atoms with van der Waals surface area (Å²) in [4.78, 5) is 38.0. The first-order valence-electron chi connectivity index (χ1n) is 27.8. The third-order valence-corrected chi connectivity index (χ3v) is 13.1. The summed E-state index contributed by atoms with van der Waals surface area (Å²) >= 11 is 0. The molecule has 0 N–H and O–H groups in total. The third-order valence-electron chi connectivity index (χ3n) is 13.1. The van der Waals surface area contributed by atoms with E-state index in [1.165, 1.54) is 199 Å². The van der Waals surface area contributed by atoms with Crippen molar-refractivity contribution in [1.82, 2.24) is 0 Å². The highest BCUT2D eigenvalue weighted by Crippen LogP contribution is 2.18. The molecule has 0 aromatic heterocycles. The van der Waals surface area contributed by atoms with E-state index in [2.05, 4.69) is 34.6 Å². The number of esters is 3. The molecule has 0 aromatic rings. The number of hydrogen-bond donors (Lipinski definition) is 0. The quantitative estimate of drug-likeness (QED) is 0.0344. The predicted octanol–water partition coefficient (Wildman–Crippen LogP) is 18.1. The molecule has 6 nitrogen and oxygen atoms in total. The average molecular weight is 877 g/mol. The average Bonchev–Trinajstić information content (AvgIpc) is 3.26. The van der Waals surface area contributed by atoms with Gasteiger partial charge in [0.2, 0.25) is 0 Å². The maximum atomic E-state index is 12.8. The van der Waals surface area contributed by atoms with E-state index in [0.717, 1.165) is 69.6 Å². The Bertz CT molecular complexity index is 949. The van der Waals surface area contributed by atoms with Crippen LogP contribution in [0.3, 0.4) is 0 Å². The van der Waals surface area contributed by atoms with Crippen molar-refractivity contribution in [2.45, 2.75) is 317 Å². The highest BCUT2D eigenvalue weighted by atomic mass is 16.6. The highest BCUT2D eigenvalue weighted by Gasteiger charge is 2.19. The van der Waals surface area contributed by atoms with Crippen LogP contribution < -0.4 is 0 Å². The largest absolute Gasteiger partial charge is 0.462 e. The molecule has 0 amide bonds. The molecule has 0 spiro atoms. The lowest BCUT2D eigenvalue weighted by molar-refractivity contribution is -0.167. The molecule has 0 saturated heterocycles. The van der Waals surface area contributed by atoms with Gasteiger partial charge in [-0.05, 0) is 31.1 Å². The molecule has 0 heterocycles. The molecule has 6 heteroatoms. The summed E-state index contributed by atoms with van der Waals surface area (Å²) in [6.07, 6.45) is 50.8. The summed E-state index contributed by atoms with van der Waals surface area (Å²) in [6.45, 7) is 11.4. The molecule has 0 bridgehead atoms. The summed E-state index contributed by atoms with van der Waals surface area (Å²) in [7, 11) is 0. The Balaban J connectivity index is 4.28. The van der Waals surface area contributed by atoms with Crippen molar-refractivity contribution < 1.29 is 28.6 Å². The number of rotatable bonds is 50. The van der Waals surface area contributed by atoms with Gasteiger partial charge in [0, 0.05) is 19.3 Å². The summed E-state index contributed by atoms with van der Waals surface area (Å²) in [5.41, 5.74) is 0. The first kappa shape index (κ1) is 60.4. The van der Waals surface area contributed by atoms with Gasteiger partial charge in [-0.3, -0.25) is 14.4 Å². The Morgan fingerprint density at radius 3 is 0.919 bits per heavy atom. The SMILES string of the molecule is CCCCCCCCCCCCCCCCC(=O)OC[C@@H](COC(=O)CCCCCCCCCCCCCCCCC(C)CC)OC(=O)CCCCCCCCCCCC(C)C. The minimum absolute atomic E-state index is 0.0633. The van der Waals surface area contributed by atoms with Gasteiger partial charge in [0.1, 0.15) is 13.2 Å². The van der Waals surface area contributed by atoms with Crippen LogP contribution in [0.5, 0.6) is 0 Å². The minimum Gasteiger partial charge on any atom is -0.462 e. The zero-order valence-corrected chi connectivity index (χ0v) is 42.5. The molecule has 62 heavy (non-hydrogen) atoms. The van der Waals surface area contributed by atoms with Crippen molar-refractivity contribution in [1.29, 1.82) is 0 Å². The van der Waals surface area contributed by atoms with Gasteiger partial charge < -0.3 is 14.2 Å². The fraction of sp³-hybridized carbons (Fsp3) is 0.946. The van der Waals surface area contributed by atoms with E-state index in [0.29, 0.717) is 19.3 Å². The Morgan fingerprint density at radius 1 is 0.339 bits per heavy atom. The monoisotopic (exact) mass is 877 g/mol. The number of hydrogen-bond acceptors (Lipinski definition) is 6. The van der Waals surface area contributed by atoms with Crippen molar-refractivity contribution in [2.75, 3.05) is 13.2 Å². The third kappa shape index (κ3) is 47.9. The molecule has 0 rings (SSSR count). The molecule has 0 aliphatic heterocycles. The maximum absolute atomic E-state index is 12.8. The maximum Gasteiger partial charge on any atom is 0.306 e. The van der Waals surface area contributed by atoms with E-state index in [1.807, 2.05) is 0 Å². The second-order valence-electron chi connectivity index (χ2n) is 19.9. The number of carbonyl (C=O) groups excluding carboxylic acids is 3. The van der Waals surface area contributed by atoms with Gasteiger partial charge >= 0.3 is 17.9 Å². The molecular weight excluding hydrogens is 769 g/mol. The first-order valence-corrected chi connectivity index (χ1v) is 27.8. The Morgan fingerprint density at radius 2 is 0.613 bits per heavy atom. The lowest BCUT2D eigenvalue weighted by Gasteiger charge is -2.18. The zero-order valence-electron chi connectivity index (χ0n) is 42.5. The molecule has 2 atom stereocenters. The fourth-order valence-electron chi connectivity index (χ4n) is 8.49. The Hall–Kier alpha value is -1.59. The van der Waals surface area contributed by atoms with E-state index >= 15 is 0 Å². The Kier molecular flexibility index (Phi) is 47.6. The van der Waals surface area contributed by atoms with Crippen LogP contribution in [0.1, 0.15) is 311 Å². The summed E-state index contributed by atoms with van der Waals surface area (Å²) in [5.74, 6) is 0.858. The van der Waals surface area contributed by atoms with E-state index < -0.39 is 6.10 Å². The van der Waals surface area contributed by atoms with Crippen molar-refractivity contribution in [3.05, 3.63) is 0 Å². The zero-order chi connectivity index (χ0) is 45.4. The minimum atomic E-state index is -0.762. The molecule has 0 aliphatic carbocycles. The van der Waals surface area contributed by atoms with Gasteiger partial charge in [0.15, 0.2) is 6.10 Å². The van der Waals surface area contributed by atoms with Crippen LogP contribution in [0.25, 0.3) is 0 Å². The molecular formula is C56H108O6. The molecule has 0 radical (unpaired) electrons. The number of carbonyl (C=O) groups is 3.